The van der Waals surface area contributed by atoms with Crippen LogP contribution in [0.3, 0.4) is 0 Å². The van der Waals surface area contributed by atoms with Gasteiger partial charge in [-0.15, -0.1) is 0 Å². The summed E-state index contributed by atoms with van der Waals surface area (Å²) in [5.41, 5.74) is 8.52. The number of fused-ring (bicyclic) bond motifs is 1. The lowest BCUT2D eigenvalue weighted by molar-refractivity contribution is -0.142. The van der Waals surface area contributed by atoms with Crippen LogP contribution < -0.4 is 15.2 Å². The number of hydrogen-bond acceptors (Lipinski definition) is 5. The third kappa shape index (κ3) is 3.51. The fraction of sp³-hybridized carbons (Fsp3) is 0.273. The molecule has 0 aliphatic heterocycles. The van der Waals surface area contributed by atoms with Crippen molar-refractivity contribution in [1.29, 1.82) is 0 Å². The average molecular weight is 378 g/mol. The Morgan fingerprint density at radius 3 is 2.61 bits per heavy atom. The van der Waals surface area contributed by atoms with Crippen LogP contribution in [0.4, 0.5) is 0 Å². The molecule has 1 aromatic heterocycles. The summed E-state index contributed by atoms with van der Waals surface area (Å²) in [6, 6.07) is 17.0. The molecule has 1 fully saturated rings. The standard InChI is InChI=1S/C22H22N2O4/c1-27-14-7-8-16-20(11-14)24-19(13-5-3-2-4-6-13)12-21(16)28-15-9-17(22(25)26)18(23)10-15/h2-8,11-12,15,17-18H,9-10,23H2,1H3,(H,25,26)/t15-,17+,18-/m0/s1. The van der Waals surface area contributed by atoms with Crippen molar-refractivity contribution in [2.45, 2.75) is 25.0 Å². The SMILES string of the molecule is COc1ccc2c(O[C@@H]3C[C@H](N)[C@H](C(=O)O)C3)cc(-c3ccccc3)nc2c1. The lowest BCUT2D eigenvalue weighted by atomic mass is 10.1. The minimum absolute atomic E-state index is 0.243. The van der Waals surface area contributed by atoms with E-state index in [1.165, 1.54) is 0 Å². The van der Waals surface area contributed by atoms with Crippen LogP contribution in [-0.2, 0) is 4.79 Å². The molecule has 28 heavy (non-hydrogen) atoms. The third-order valence-electron chi connectivity index (χ3n) is 5.23. The Hall–Kier alpha value is -3.12. The van der Waals surface area contributed by atoms with E-state index in [2.05, 4.69) is 0 Å². The van der Waals surface area contributed by atoms with E-state index >= 15 is 0 Å². The van der Waals surface area contributed by atoms with E-state index in [0.717, 1.165) is 22.2 Å². The van der Waals surface area contributed by atoms with Crippen LogP contribution in [0.25, 0.3) is 22.2 Å². The minimum atomic E-state index is -0.868. The molecule has 3 aromatic rings. The maximum atomic E-state index is 11.4. The molecule has 0 spiro atoms. The van der Waals surface area contributed by atoms with Gasteiger partial charge in [-0.1, -0.05) is 30.3 Å². The molecule has 144 valence electrons. The summed E-state index contributed by atoms with van der Waals surface area (Å²) in [6.07, 6.45) is 0.668. The molecule has 0 unspecified atom stereocenters. The lowest BCUT2D eigenvalue weighted by Crippen LogP contribution is -2.30. The number of ether oxygens (including phenoxy) is 2. The van der Waals surface area contributed by atoms with Crippen molar-refractivity contribution in [2.75, 3.05) is 7.11 Å². The van der Waals surface area contributed by atoms with Gasteiger partial charge < -0.3 is 20.3 Å². The van der Waals surface area contributed by atoms with Crippen molar-refractivity contribution < 1.29 is 19.4 Å². The number of rotatable bonds is 5. The van der Waals surface area contributed by atoms with Crippen LogP contribution in [0.15, 0.2) is 54.6 Å². The second kappa shape index (κ2) is 7.48. The largest absolute Gasteiger partial charge is 0.497 e. The number of carboxylic acids is 1. The van der Waals surface area contributed by atoms with E-state index in [0.29, 0.717) is 24.3 Å². The molecule has 3 atom stereocenters. The summed E-state index contributed by atoms with van der Waals surface area (Å²) >= 11 is 0. The molecule has 1 aliphatic rings. The summed E-state index contributed by atoms with van der Waals surface area (Å²) in [7, 11) is 1.62. The average Bonchev–Trinajstić information content (AvgIpc) is 3.08. The monoisotopic (exact) mass is 378 g/mol. The zero-order chi connectivity index (χ0) is 19.7. The molecule has 6 nitrogen and oxygen atoms in total. The molecule has 2 aromatic carbocycles. The van der Waals surface area contributed by atoms with Gasteiger partial charge in [0.2, 0.25) is 0 Å². The van der Waals surface area contributed by atoms with Gasteiger partial charge in [-0.25, -0.2) is 4.98 Å². The summed E-state index contributed by atoms with van der Waals surface area (Å²) in [5.74, 6) is -0.0561. The molecule has 4 rings (SSSR count). The topological polar surface area (TPSA) is 94.7 Å². The first kappa shape index (κ1) is 18.3. The van der Waals surface area contributed by atoms with Gasteiger partial charge in [0.05, 0.1) is 24.2 Å². The Morgan fingerprint density at radius 2 is 1.93 bits per heavy atom. The minimum Gasteiger partial charge on any atom is -0.497 e. The fourth-order valence-electron chi connectivity index (χ4n) is 3.74. The zero-order valence-electron chi connectivity index (χ0n) is 15.5. The molecular formula is C22H22N2O4. The number of nitrogens with zero attached hydrogens (tertiary/aromatic N) is 1. The summed E-state index contributed by atoms with van der Waals surface area (Å²) in [5, 5.41) is 10.2. The molecule has 3 N–H and O–H groups in total. The van der Waals surface area contributed by atoms with E-state index in [-0.39, 0.29) is 6.10 Å². The van der Waals surface area contributed by atoms with Crippen LogP contribution in [0, 0.1) is 5.92 Å². The maximum absolute atomic E-state index is 11.4. The van der Waals surface area contributed by atoms with Crippen LogP contribution in [0.1, 0.15) is 12.8 Å². The second-order valence-electron chi connectivity index (χ2n) is 7.07. The van der Waals surface area contributed by atoms with E-state index in [1.807, 2.05) is 54.6 Å². The quantitative estimate of drug-likeness (QED) is 0.706. The van der Waals surface area contributed by atoms with E-state index in [9.17, 15) is 9.90 Å². The highest BCUT2D eigenvalue weighted by molar-refractivity contribution is 5.89. The van der Waals surface area contributed by atoms with Crippen molar-refractivity contribution in [3.8, 4) is 22.8 Å². The molecule has 0 radical (unpaired) electrons. The highest BCUT2D eigenvalue weighted by atomic mass is 16.5. The van der Waals surface area contributed by atoms with Gasteiger partial charge in [0, 0.05) is 35.5 Å². The van der Waals surface area contributed by atoms with Crippen molar-refractivity contribution >= 4 is 16.9 Å². The zero-order valence-corrected chi connectivity index (χ0v) is 15.5. The Balaban J connectivity index is 1.75. The van der Waals surface area contributed by atoms with Crippen LogP contribution in [0.5, 0.6) is 11.5 Å². The van der Waals surface area contributed by atoms with Crippen molar-refractivity contribution in [3.63, 3.8) is 0 Å². The van der Waals surface area contributed by atoms with E-state index in [1.54, 1.807) is 7.11 Å². The summed E-state index contributed by atoms with van der Waals surface area (Å²) in [4.78, 5) is 16.1. The highest BCUT2D eigenvalue weighted by Gasteiger charge is 2.38. The third-order valence-corrected chi connectivity index (χ3v) is 5.23. The molecule has 6 heteroatoms. The first-order valence-electron chi connectivity index (χ1n) is 9.24. The van der Waals surface area contributed by atoms with E-state index in [4.69, 9.17) is 20.2 Å². The van der Waals surface area contributed by atoms with Gasteiger partial charge in [0.25, 0.3) is 0 Å². The van der Waals surface area contributed by atoms with Gasteiger partial charge in [-0.05, 0) is 18.6 Å². The number of hydrogen-bond donors (Lipinski definition) is 2. The Kier molecular flexibility index (Phi) is 4.88. The Morgan fingerprint density at radius 1 is 1.14 bits per heavy atom. The van der Waals surface area contributed by atoms with Crippen LogP contribution in [0.2, 0.25) is 0 Å². The predicted octanol–water partition coefficient (Wildman–Crippen LogP) is 3.48. The second-order valence-corrected chi connectivity index (χ2v) is 7.07. The van der Waals surface area contributed by atoms with E-state index < -0.39 is 17.9 Å². The first-order valence-corrected chi connectivity index (χ1v) is 9.24. The van der Waals surface area contributed by atoms with Gasteiger partial charge in [-0.3, -0.25) is 4.79 Å². The lowest BCUT2D eigenvalue weighted by Gasteiger charge is -2.17. The molecule has 1 saturated carbocycles. The molecular weight excluding hydrogens is 356 g/mol. The van der Waals surface area contributed by atoms with Gasteiger partial charge in [0.15, 0.2) is 0 Å². The number of benzene rings is 2. The molecule has 0 bridgehead atoms. The van der Waals surface area contributed by atoms with Gasteiger partial charge >= 0.3 is 5.97 Å². The Bertz CT molecular complexity index is 1010. The maximum Gasteiger partial charge on any atom is 0.308 e. The number of aliphatic carboxylic acids is 1. The number of pyridine rings is 1. The number of methoxy groups -OCH3 is 1. The van der Waals surface area contributed by atoms with Crippen molar-refractivity contribution in [3.05, 3.63) is 54.6 Å². The molecule has 0 saturated heterocycles. The van der Waals surface area contributed by atoms with Gasteiger partial charge in [0.1, 0.15) is 17.6 Å². The number of carbonyl (C=O) groups is 1. The normalized spacial score (nSPS) is 21.6. The predicted molar refractivity (Wildman–Crippen MR) is 106 cm³/mol. The smallest absolute Gasteiger partial charge is 0.308 e. The molecule has 1 aliphatic carbocycles. The number of nitrogens with two attached hydrogens (primary N) is 1. The summed E-state index contributed by atoms with van der Waals surface area (Å²) in [6.45, 7) is 0. The van der Waals surface area contributed by atoms with Crippen LogP contribution in [-0.4, -0.2) is 35.3 Å². The first-order chi connectivity index (χ1) is 13.5. The van der Waals surface area contributed by atoms with Crippen LogP contribution >= 0.6 is 0 Å². The molecule has 1 heterocycles. The van der Waals surface area contributed by atoms with Gasteiger partial charge in [-0.2, -0.15) is 0 Å². The van der Waals surface area contributed by atoms with Crippen molar-refractivity contribution in [2.24, 2.45) is 11.7 Å². The molecule has 0 amide bonds. The number of carboxylic acid groups (broad SMARTS) is 1. The highest BCUT2D eigenvalue weighted by Crippen LogP contribution is 2.35. The summed E-state index contributed by atoms with van der Waals surface area (Å²) < 4.78 is 11.6. The Labute approximate surface area is 162 Å². The van der Waals surface area contributed by atoms with Crippen molar-refractivity contribution in [1.82, 2.24) is 4.98 Å². The number of aromatic nitrogens is 1. The fourth-order valence-corrected chi connectivity index (χ4v) is 3.74.